The van der Waals surface area contributed by atoms with Gasteiger partial charge in [0, 0.05) is 29.3 Å². The molecule has 3 rings (SSSR count). The van der Waals surface area contributed by atoms with Gasteiger partial charge < -0.3 is 20.8 Å². The Morgan fingerprint density at radius 3 is 2.64 bits per heavy atom. The number of carboxylic acid groups (broad SMARTS) is 1. The molecule has 0 aliphatic carbocycles. The van der Waals surface area contributed by atoms with Gasteiger partial charge in [0.2, 0.25) is 5.91 Å². The van der Waals surface area contributed by atoms with Crippen molar-refractivity contribution in [2.45, 2.75) is 32.0 Å². The fourth-order valence-corrected chi connectivity index (χ4v) is 3.25. The van der Waals surface area contributed by atoms with Gasteiger partial charge >= 0.3 is 5.97 Å². The summed E-state index contributed by atoms with van der Waals surface area (Å²) in [5.41, 5.74) is 6.55. The molecule has 1 aliphatic rings. The van der Waals surface area contributed by atoms with Crippen LogP contribution >= 0.6 is 0 Å². The molecular formula is C19H18FN3O5. The molecule has 0 radical (unpaired) electrons. The highest BCUT2D eigenvalue weighted by Crippen LogP contribution is 2.33. The molecule has 28 heavy (non-hydrogen) atoms. The van der Waals surface area contributed by atoms with E-state index >= 15 is 4.39 Å². The largest absolute Gasteiger partial charge is 0.481 e. The van der Waals surface area contributed by atoms with Crippen LogP contribution in [0, 0.1) is 5.82 Å². The van der Waals surface area contributed by atoms with Crippen molar-refractivity contribution in [1.82, 2.24) is 9.88 Å². The van der Waals surface area contributed by atoms with E-state index in [-0.39, 0.29) is 42.7 Å². The van der Waals surface area contributed by atoms with Crippen molar-refractivity contribution in [3.05, 3.63) is 53.0 Å². The van der Waals surface area contributed by atoms with Gasteiger partial charge in [-0.15, -0.1) is 0 Å². The minimum absolute atomic E-state index is 0.0975. The average Bonchev–Trinajstić information content (AvgIpc) is 2.99. The van der Waals surface area contributed by atoms with Crippen molar-refractivity contribution >= 4 is 17.8 Å². The number of hydrogen-bond donors (Lipinski definition) is 3. The Kier molecular flexibility index (Phi) is 5.36. The third kappa shape index (κ3) is 3.56. The highest BCUT2D eigenvalue weighted by atomic mass is 19.1. The number of fused-ring (bicyclic) bond motifs is 1. The number of hydrogen-bond acceptors (Lipinski definition) is 5. The highest BCUT2D eigenvalue weighted by molar-refractivity contribution is 6.01. The maximum absolute atomic E-state index is 15.1. The number of benzene rings is 1. The normalized spacial score (nSPS) is 14.1. The number of aliphatic hydroxyl groups excluding tert-OH is 1. The summed E-state index contributed by atoms with van der Waals surface area (Å²) in [6.45, 7) is -0.418. The first-order chi connectivity index (χ1) is 13.3. The summed E-state index contributed by atoms with van der Waals surface area (Å²) in [5.74, 6) is -3.21. The van der Waals surface area contributed by atoms with Crippen LogP contribution in [-0.4, -0.2) is 43.9 Å². The van der Waals surface area contributed by atoms with E-state index in [2.05, 4.69) is 4.98 Å². The minimum Gasteiger partial charge on any atom is -0.481 e. The van der Waals surface area contributed by atoms with Crippen LogP contribution in [0.25, 0.3) is 11.3 Å². The van der Waals surface area contributed by atoms with Gasteiger partial charge in [-0.1, -0.05) is 0 Å². The van der Waals surface area contributed by atoms with Crippen molar-refractivity contribution in [3.8, 4) is 11.3 Å². The number of aliphatic carboxylic acids is 1. The van der Waals surface area contributed by atoms with Crippen LogP contribution < -0.4 is 5.73 Å². The molecule has 0 saturated carbocycles. The maximum Gasteiger partial charge on any atom is 0.303 e. The number of aliphatic hydroxyl groups is 1. The molecule has 0 fully saturated rings. The van der Waals surface area contributed by atoms with Crippen LogP contribution in [0.2, 0.25) is 0 Å². The van der Waals surface area contributed by atoms with E-state index in [4.69, 9.17) is 10.8 Å². The lowest BCUT2D eigenvalue weighted by atomic mass is 10.0. The molecule has 4 N–H and O–H groups in total. The van der Waals surface area contributed by atoms with Crippen LogP contribution in [0.5, 0.6) is 0 Å². The highest BCUT2D eigenvalue weighted by Gasteiger charge is 2.37. The third-order valence-electron chi connectivity index (χ3n) is 4.68. The number of amides is 2. The monoisotopic (exact) mass is 387 g/mol. The quantitative estimate of drug-likeness (QED) is 0.650. The molecule has 9 heteroatoms. The average molecular weight is 387 g/mol. The number of pyridine rings is 1. The Morgan fingerprint density at radius 2 is 2.00 bits per heavy atom. The molecule has 2 amide bonds. The summed E-state index contributed by atoms with van der Waals surface area (Å²) < 4.78 is 15.1. The zero-order valence-electron chi connectivity index (χ0n) is 14.8. The molecule has 2 heterocycles. The van der Waals surface area contributed by atoms with E-state index in [0.717, 1.165) is 4.90 Å². The van der Waals surface area contributed by atoms with Gasteiger partial charge in [0.05, 0.1) is 18.8 Å². The smallest absolute Gasteiger partial charge is 0.303 e. The lowest BCUT2D eigenvalue weighted by molar-refractivity contribution is -0.137. The maximum atomic E-state index is 15.1. The molecule has 0 saturated heterocycles. The molecule has 2 aromatic rings. The summed E-state index contributed by atoms with van der Waals surface area (Å²) in [4.78, 5) is 40.4. The van der Waals surface area contributed by atoms with Gasteiger partial charge in [-0.05, 0) is 36.2 Å². The second-order valence-corrected chi connectivity index (χ2v) is 6.44. The van der Waals surface area contributed by atoms with E-state index in [1.807, 2.05) is 0 Å². The molecule has 0 bridgehead atoms. The van der Waals surface area contributed by atoms with Crippen LogP contribution in [0.4, 0.5) is 4.39 Å². The Labute approximate surface area is 159 Å². The molecule has 8 nitrogen and oxygen atoms in total. The topological polar surface area (TPSA) is 134 Å². The second kappa shape index (κ2) is 7.73. The molecule has 0 spiro atoms. The summed E-state index contributed by atoms with van der Waals surface area (Å²) >= 11 is 0. The number of primary amides is 1. The summed E-state index contributed by atoms with van der Waals surface area (Å²) in [7, 11) is 0. The van der Waals surface area contributed by atoms with Crippen LogP contribution in [-0.2, 0) is 22.7 Å². The molecule has 1 aliphatic heterocycles. The summed E-state index contributed by atoms with van der Waals surface area (Å²) in [6.07, 6.45) is 0.943. The zero-order chi connectivity index (χ0) is 20.4. The van der Waals surface area contributed by atoms with E-state index in [0.29, 0.717) is 11.3 Å². The molecule has 1 atom stereocenters. The Bertz CT molecular complexity index is 963. The fraction of sp³-hybridized carbons (Fsp3) is 0.263. The molecule has 1 aromatic heterocycles. The predicted molar refractivity (Wildman–Crippen MR) is 95.3 cm³/mol. The molecule has 1 aromatic carbocycles. The first-order valence-corrected chi connectivity index (χ1v) is 8.53. The van der Waals surface area contributed by atoms with Gasteiger partial charge in [0.25, 0.3) is 5.91 Å². The zero-order valence-corrected chi connectivity index (χ0v) is 14.8. The Morgan fingerprint density at radius 1 is 1.29 bits per heavy atom. The molecular weight excluding hydrogens is 369 g/mol. The van der Waals surface area contributed by atoms with Gasteiger partial charge in [-0.2, -0.15) is 0 Å². The van der Waals surface area contributed by atoms with E-state index in [1.165, 1.54) is 18.3 Å². The number of carboxylic acids is 1. The second-order valence-electron chi connectivity index (χ2n) is 6.44. The van der Waals surface area contributed by atoms with Crippen molar-refractivity contribution in [2.24, 2.45) is 5.73 Å². The number of carbonyl (C=O) groups is 3. The van der Waals surface area contributed by atoms with Crippen LogP contribution in [0.15, 0.2) is 30.5 Å². The van der Waals surface area contributed by atoms with Crippen molar-refractivity contribution in [2.75, 3.05) is 0 Å². The Hall–Kier alpha value is -3.33. The fourth-order valence-electron chi connectivity index (χ4n) is 3.25. The van der Waals surface area contributed by atoms with Crippen molar-refractivity contribution in [3.63, 3.8) is 0 Å². The lowest BCUT2D eigenvalue weighted by Gasteiger charge is -2.24. The lowest BCUT2D eigenvalue weighted by Crippen LogP contribution is -2.45. The number of halogens is 1. The van der Waals surface area contributed by atoms with Crippen molar-refractivity contribution in [1.29, 1.82) is 0 Å². The Balaban J connectivity index is 1.95. The molecule has 0 unspecified atom stereocenters. The number of carbonyl (C=O) groups excluding carboxylic acids is 2. The number of aromatic nitrogens is 1. The third-order valence-corrected chi connectivity index (χ3v) is 4.68. The number of rotatable bonds is 7. The SMILES string of the molecule is NC(=O)[C@H](CCC(=O)O)N1Cc2c(ccc(-c3cc(CO)ccn3)c2F)C1=O. The predicted octanol–water partition coefficient (Wildman–Crippen LogP) is 1.05. The van der Waals surface area contributed by atoms with Gasteiger partial charge in [-0.25, -0.2) is 4.39 Å². The van der Waals surface area contributed by atoms with Gasteiger partial charge in [0.15, 0.2) is 0 Å². The minimum atomic E-state index is -1.14. The number of nitrogens with two attached hydrogens (primary N) is 1. The molecule has 146 valence electrons. The van der Waals surface area contributed by atoms with E-state index in [1.54, 1.807) is 12.1 Å². The van der Waals surface area contributed by atoms with Gasteiger partial charge in [-0.3, -0.25) is 19.4 Å². The van der Waals surface area contributed by atoms with Crippen molar-refractivity contribution < 1.29 is 29.0 Å². The van der Waals surface area contributed by atoms with E-state index < -0.39 is 29.6 Å². The summed E-state index contributed by atoms with van der Waals surface area (Å²) in [6, 6.07) is 4.85. The van der Waals surface area contributed by atoms with Crippen LogP contribution in [0.3, 0.4) is 0 Å². The standard InChI is InChI=1S/C19H18FN3O5/c20-17-12(14-7-10(9-24)5-6-22-14)2-1-11-13(17)8-23(19(11)28)15(18(21)27)3-4-16(25)26/h1-2,5-7,15,24H,3-4,8-9H2,(H2,21,27)(H,25,26)/t15-/m0/s1. The van der Waals surface area contributed by atoms with E-state index in [9.17, 15) is 19.5 Å². The number of nitrogens with zero attached hydrogens (tertiary/aromatic N) is 2. The van der Waals surface area contributed by atoms with Crippen LogP contribution in [0.1, 0.15) is 34.3 Å². The van der Waals surface area contributed by atoms with Gasteiger partial charge in [0.1, 0.15) is 11.9 Å². The first kappa shape index (κ1) is 19.4. The first-order valence-electron chi connectivity index (χ1n) is 8.53. The summed E-state index contributed by atoms with van der Waals surface area (Å²) in [5, 5.41) is 18.1.